The second-order valence-corrected chi connectivity index (χ2v) is 2.77. The molecule has 0 bridgehead atoms. The lowest BCUT2D eigenvalue weighted by atomic mass is 10.1. The first kappa shape index (κ1) is 10.1. The first-order chi connectivity index (χ1) is 7.61. The van der Waals surface area contributed by atoms with Crippen molar-refractivity contribution in [3.05, 3.63) is 40.3 Å². The van der Waals surface area contributed by atoms with Gasteiger partial charge in [-0.25, -0.2) is 4.39 Å². The van der Waals surface area contributed by atoms with Gasteiger partial charge < -0.3 is 4.52 Å². The van der Waals surface area contributed by atoms with E-state index in [-0.39, 0.29) is 5.82 Å². The first-order valence-corrected chi connectivity index (χ1v) is 4.00. The summed E-state index contributed by atoms with van der Waals surface area (Å²) in [6.45, 7) is 0. The second kappa shape index (κ2) is 3.65. The number of halogens is 2. The molecule has 6 nitrogen and oxygen atoms in total. The first-order valence-electron chi connectivity index (χ1n) is 4.00. The summed E-state index contributed by atoms with van der Waals surface area (Å²) in [4.78, 5) is 12.9. The Labute approximate surface area is 86.7 Å². The topological polar surface area (TPSA) is 82.1 Å². The van der Waals surface area contributed by atoms with Gasteiger partial charge in [-0.1, -0.05) is 5.16 Å². The van der Waals surface area contributed by atoms with Gasteiger partial charge in [-0.3, -0.25) is 10.1 Å². The summed E-state index contributed by atoms with van der Waals surface area (Å²) in [5, 5.41) is 13.7. The maximum Gasteiger partial charge on any atom is 0.305 e. The predicted octanol–water partition coefficient (Wildman–Crippen LogP) is 1.92. The zero-order chi connectivity index (χ0) is 11.7. The molecule has 0 spiro atoms. The van der Waals surface area contributed by atoms with Crippen LogP contribution in [0.15, 0.2) is 23.0 Å². The minimum Gasteiger partial charge on any atom is -0.342 e. The lowest BCUT2D eigenvalue weighted by molar-refractivity contribution is -0.387. The Hall–Kier alpha value is -2.38. The molecule has 0 aliphatic heterocycles. The largest absolute Gasteiger partial charge is 0.342 e. The number of nitro groups is 1. The van der Waals surface area contributed by atoms with Crippen molar-refractivity contribution in [1.82, 2.24) is 10.1 Å². The van der Waals surface area contributed by atoms with Crippen LogP contribution in [0.2, 0.25) is 0 Å². The standard InChI is InChI=1S/C8H3F2N3O3/c9-4-1-2-5(13(14)15)7(10)6(4)8-11-3-16-12-8/h1-3H. The van der Waals surface area contributed by atoms with E-state index in [4.69, 9.17) is 0 Å². The highest BCUT2D eigenvalue weighted by atomic mass is 19.1. The minimum absolute atomic E-state index is 0.376. The maximum atomic E-state index is 13.5. The number of aromatic nitrogens is 2. The van der Waals surface area contributed by atoms with Crippen LogP contribution >= 0.6 is 0 Å². The Balaban J connectivity index is 2.69. The molecule has 16 heavy (non-hydrogen) atoms. The van der Waals surface area contributed by atoms with Crippen molar-refractivity contribution in [1.29, 1.82) is 0 Å². The van der Waals surface area contributed by atoms with Gasteiger partial charge in [0.15, 0.2) is 0 Å². The molecule has 8 heteroatoms. The maximum absolute atomic E-state index is 13.5. The third kappa shape index (κ3) is 1.49. The van der Waals surface area contributed by atoms with Crippen molar-refractivity contribution in [2.75, 3.05) is 0 Å². The quantitative estimate of drug-likeness (QED) is 0.578. The molecule has 1 aromatic heterocycles. The van der Waals surface area contributed by atoms with Crippen molar-refractivity contribution in [3.8, 4) is 11.4 Å². The van der Waals surface area contributed by atoms with Gasteiger partial charge in [0.05, 0.1) is 4.92 Å². The van der Waals surface area contributed by atoms with Crippen LogP contribution in [-0.2, 0) is 0 Å². The number of benzene rings is 1. The van der Waals surface area contributed by atoms with Gasteiger partial charge >= 0.3 is 5.69 Å². The summed E-state index contributed by atoms with van der Waals surface area (Å²) in [5.74, 6) is -2.70. The number of rotatable bonds is 2. The fraction of sp³-hybridized carbons (Fsp3) is 0. The van der Waals surface area contributed by atoms with Crippen molar-refractivity contribution in [2.45, 2.75) is 0 Å². The number of nitrogens with zero attached hydrogens (tertiary/aromatic N) is 3. The Morgan fingerprint density at radius 2 is 2.12 bits per heavy atom. The van der Waals surface area contributed by atoms with Gasteiger partial charge in [-0.2, -0.15) is 9.37 Å². The number of hydrogen-bond donors (Lipinski definition) is 0. The van der Waals surface area contributed by atoms with Crippen LogP contribution in [0.3, 0.4) is 0 Å². The molecule has 0 radical (unpaired) electrons. The van der Waals surface area contributed by atoms with E-state index in [2.05, 4.69) is 14.7 Å². The van der Waals surface area contributed by atoms with Crippen LogP contribution in [0.4, 0.5) is 14.5 Å². The molecule has 0 saturated heterocycles. The highest BCUT2D eigenvalue weighted by Crippen LogP contribution is 2.29. The van der Waals surface area contributed by atoms with Gasteiger partial charge in [-0.05, 0) is 6.07 Å². The molecule has 0 saturated carbocycles. The highest BCUT2D eigenvalue weighted by Gasteiger charge is 2.24. The lowest BCUT2D eigenvalue weighted by Gasteiger charge is -2.00. The molecule has 0 N–H and O–H groups in total. The summed E-state index contributed by atoms with van der Waals surface area (Å²) < 4.78 is 31.1. The normalized spacial score (nSPS) is 10.4. The van der Waals surface area contributed by atoms with Gasteiger partial charge in [0.25, 0.3) is 0 Å². The zero-order valence-electron chi connectivity index (χ0n) is 7.55. The van der Waals surface area contributed by atoms with E-state index in [0.29, 0.717) is 0 Å². The molecule has 2 aromatic rings. The highest BCUT2D eigenvalue weighted by molar-refractivity contribution is 5.60. The van der Waals surface area contributed by atoms with E-state index >= 15 is 0 Å². The predicted molar refractivity (Wildman–Crippen MR) is 46.3 cm³/mol. The van der Waals surface area contributed by atoms with E-state index in [1.165, 1.54) is 0 Å². The molecular weight excluding hydrogens is 224 g/mol. The average molecular weight is 227 g/mol. The molecule has 0 aliphatic carbocycles. The molecule has 0 aliphatic rings. The Morgan fingerprint density at radius 3 is 2.69 bits per heavy atom. The molecule has 0 atom stereocenters. The lowest BCUT2D eigenvalue weighted by Crippen LogP contribution is -1.98. The zero-order valence-corrected chi connectivity index (χ0v) is 7.55. The van der Waals surface area contributed by atoms with E-state index in [0.717, 1.165) is 18.5 Å². The molecule has 2 rings (SSSR count). The number of hydrogen-bond acceptors (Lipinski definition) is 5. The minimum atomic E-state index is -1.33. The van der Waals surface area contributed by atoms with Crippen LogP contribution in [-0.4, -0.2) is 15.1 Å². The molecule has 0 fully saturated rings. The van der Waals surface area contributed by atoms with Crippen LogP contribution in [0, 0.1) is 21.7 Å². The monoisotopic (exact) mass is 227 g/mol. The van der Waals surface area contributed by atoms with E-state index in [9.17, 15) is 18.9 Å². The summed E-state index contributed by atoms with van der Waals surface area (Å²) >= 11 is 0. The fourth-order valence-corrected chi connectivity index (χ4v) is 1.17. The summed E-state index contributed by atoms with van der Waals surface area (Å²) in [6.07, 6.45) is 0.868. The van der Waals surface area contributed by atoms with Gasteiger partial charge in [0.2, 0.25) is 18.0 Å². The number of nitro benzene ring substituents is 1. The Bertz CT molecular complexity index is 542. The second-order valence-electron chi connectivity index (χ2n) is 2.77. The molecule has 0 unspecified atom stereocenters. The van der Waals surface area contributed by atoms with Crippen molar-refractivity contribution in [2.24, 2.45) is 0 Å². The van der Waals surface area contributed by atoms with Crippen molar-refractivity contribution < 1.29 is 18.2 Å². The summed E-state index contributed by atoms with van der Waals surface area (Å²) in [7, 11) is 0. The fourth-order valence-electron chi connectivity index (χ4n) is 1.17. The summed E-state index contributed by atoms with van der Waals surface area (Å²) in [6, 6.07) is 1.50. The molecular formula is C8H3F2N3O3. The van der Waals surface area contributed by atoms with Crippen LogP contribution < -0.4 is 0 Å². The van der Waals surface area contributed by atoms with E-state index in [1.807, 2.05) is 0 Å². The van der Waals surface area contributed by atoms with Crippen LogP contribution in [0.25, 0.3) is 11.4 Å². The Morgan fingerprint density at radius 1 is 1.38 bits per heavy atom. The Kier molecular flexibility index (Phi) is 2.31. The van der Waals surface area contributed by atoms with Crippen molar-refractivity contribution >= 4 is 5.69 Å². The van der Waals surface area contributed by atoms with Crippen LogP contribution in [0.5, 0.6) is 0 Å². The average Bonchev–Trinajstić information content (AvgIpc) is 2.70. The van der Waals surface area contributed by atoms with Crippen LogP contribution in [0.1, 0.15) is 0 Å². The molecule has 1 heterocycles. The van der Waals surface area contributed by atoms with E-state index in [1.54, 1.807) is 0 Å². The van der Waals surface area contributed by atoms with Gasteiger partial charge in [0.1, 0.15) is 11.4 Å². The molecule has 0 amide bonds. The van der Waals surface area contributed by atoms with Crippen molar-refractivity contribution in [3.63, 3.8) is 0 Å². The third-order valence-corrected chi connectivity index (χ3v) is 1.85. The third-order valence-electron chi connectivity index (χ3n) is 1.85. The molecule has 82 valence electrons. The SMILES string of the molecule is O=[N+]([O-])c1ccc(F)c(-c2ncon2)c1F. The van der Waals surface area contributed by atoms with Gasteiger partial charge in [0, 0.05) is 6.07 Å². The smallest absolute Gasteiger partial charge is 0.305 e. The van der Waals surface area contributed by atoms with Gasteiger partial charge in [-0.15, -0.1) is 0 Å². The molecule has 1 aromatic carbocycles. The van der Waals surface area contributed by atoms with E-state index < -0.39 is 27.8 Å². The summed E-state index contributed by atoms with van der Waals surface area (Å²) in [5.41, 5.74) is -1.52.